The first-order valence-electron chi connectivity index (χ1n) is 19.5. The molecule has 0 atom stereocenters. The Bertz CT molecular complexity index is 1120. The third-order valence-corrected chi connectivity index (χ3v) is 9.22. The van der Waals surface area contributed by atoms with Crippen molar-refractivity contribution in [1.82, 2.24) is 0 Å². The number of aliphatic imine (C=N–C) groups is 2. The van der Waals surface area contributed by atoms with Gasteiger partial charge >= 0.3 is 0 Å². The minimum Gasteiger partial charge on any atom is -0.252 e. The van der Waals surface area contributed by atoms with Gasteiger partial charge in [-0.2, -0.15) is 0 Å². The van der Waals surface area contributed by atoms with Crippen molar-refractivity contribution >= 4 is 22.8 Å². The Balaban J connectivity index is 0.0000106. The number of unbranched alkanes of at least 4 members (excludes halogenated alkanes) is 11. The maximum Gasteiger partial charge on any atom is 0.0636 e. The summed E-state index contributed by atoms with van der Waals surface area (Å²) < 4.78 is 0. The minimum absolute atomic E-state index is 0. The van der Waals surface area contributed by atoms with Gasteiger partial charge in [0.25, 0.3) is 0 Å². The SMILES string of the molecule is CCCCCCCCC(=N\c1ccc(CCCC)c(CCCC)c1)/C(CCCCC)=N/c1ccc(CCCC)c(CCCC)c1.[Ni]. The summed E-state index contributed by atoms with van der Waals surface area (Å²) in [5, 5.41) is 0. The molecule has 2 aromatic rings. The minimum atomic E-state index is 0. The summed E-state index contributed by atoms with van der Waals surface area (Å²) in [5.41, 5.74) is 10.8. The Hall–Kier alpha value is -1.73. The number of hydrogen-bond acceptors (Lipinski definition) is 2. The van der Waals surface area contributed by atoms with E-state index < -0.39 is 0 Å². The molecular formula is C43H70N2Ni. The Kier molecular flexibility index (Phi) is 25.1. The zero-order valence-corrected chi connectivity index (χ0v) is 31.9. The first kappa shape index (κ1) is 42.3. The second kappa shape index (κ2) is 27.2. The first-order chi connectivity index (χ1) is 22.1. The molecule has 0 aliphatic carbocycles. The summed E-state index contributed by atoms with van der Waals surface area (Å²) in [5.74, 6) is 0. The van der Waals surface area contributed by atoms with Crippen molar-refractivity contribution < 1.29 is 16.5 Å². The maximum absolute atomic E-state index is 5.47. The van der Waals surface area contributed by atoms with Crippen molar-refractivity contribution in [3.63, 3.8) is 0 Å². The van der Waals surface area contributed by atoms with Gasteiger partial charge in [0, 0.05) is 16.5 Å². The van der Waals surface area contributed by atoms with Gasteiger partial charge in [0.05, 0.1) is 22.8 Å². The molecule has 2 aromatic carbocycles. The van der Waals surface area contributed by atoms with Crippen molar-refractivity contribution in [2.45, 2.75) is 189 Å². The van der Waals surface area contributed by atoms with Crippen molar-refractivity contribution in [2.75, 3.05) is 0 Å². The molecule has 2 rings (SSSR count). The number of aryl methyl sites for hydroxylation is 4. The fourth-order valence-electron chi connectivity index (χ4n) is 6.24. The maximum atomic E-state index is 5.47. The number of rotatable bonds is 26. The first-order valence-corrected chi connectivity index (χ1v) is 19.5. The summed E-state index contributed by atoms with van der Waals surface area (Å²) in [6.07, 6.45) is 28.2. The molecule has 2 nitrogen and oxygen atoms in total. The summed E-state index contributed by atoms with van der Waals surface area (Å²) in [7, 11) is 0. The van der Waals surface area contributed by atoms with E-state index in [1.54, 1.807) is 0 Å². The second-order valence-corrected chi connectivity index (χ2v) is 13.4. The van der Waals surface area contributed by atoms with Crippen molar-refractivity contribution in [3.8, 4) is 0 Å². The molecule has 3 heteroatoms. The molecule has 0 radical (unpaired) electrons. The Morgan fingerprint density at radius 3 is 1.13 bits per heavy atom. The van der Waals surface area contributed by atoms with E-state index in [2.05, 4.69) is 77.9 Å². The molecule has 262 valence electrons. The quantitative estimate of drug-likeness (QED) is 0.0539. The van der Waals surface area contributed by atoms with Crippen LogP contribution in [0.3, 0.4) is 0 Å². The van der Waals surface area contributed by atoms with Gasteiger partial charge in [0.15, 0.2) is 0 Å². The van der Waals surface area contributed by atoms with Crippen LogP contribution < -0.4 is 0 Å². The molecule has 0 unspecified atom stereocenters. The van der Waals surface area contributed by atoms with Gasteiger partial charge in [-0.25, -0.2) is 0 Å². The number of hydrogen-bond donors (Lipinski definition) is 0. The van der Waals surface area contributed by atoms with E-state index in [0.29, 0.717) is 0 Å². The third kappa shape index (κ3) is 16.9. The average molecular weight is 674 g/mol. The second-order valence-electron chi connectivity index (χ2n) is 13.4. The summed E-state index contributed by atoms with van der Waals surface area (Å²) in [6, 6.07) is 14.2. The largest absolute Gasteiger partial charge is 0.252 e. The molecular weight excluding hydrogens is 603 g/mol. The molecule has 0 aliphatic heterocycles. The Morgan fingerprint density at radius 2 is 0.717 bits per heavy atom. The predicted octanol–water partition coefficient (Wildman–Crippen LogP) is 14.2. The summed E-state index contributed by atoms with van der Waals surface area (Å²) in [6.45, 7) is 13.8. The van der Waals surface area contributed by atoms with Crippen LogP contribution in [0.25, 0.3) is 0 Å². The molecule has 0 heterocycles. The van der Waals surface area contributed by atoms with Crippen LogP contribution in [0.1, 0.15) is 186 Å². The van der Waals surface area contributed by atoms with E-state index in [1.807, 2.05) is 0 Å². The van der Waals surface area contributed by atoms with E-state index in [-0.39, 0.29) is 16.5 Å². The van der Waals surface area contributed by atoms with Crippen molar-refractivity contribution in [2.24, 2.45) is 9.98 Å². The number of nitrogens with zero attached hydrogens (tertiary/aromatic N) is 2. The molecule has 46 heavy (non-hydrogen) atoms. The van der Waals surface area contributed by atoms with E-state index in [1.165, 1.54) is 156 Å². The van der Waals surface area contributed by atoms with Gasteiger partial charge in [0.2, 0.25) is 0 Å². The molecule has 0 fully saturated rings. The van der Waals surface area contributed by atoms with Crippen LogP contribution >= 0.6 is 0 Å². The summed E-state index contributed by atoms with van der Waals surface area (Å²) >= 11 is 0. The Labute approximate surface area is 296 Å². The van der Waals surface area contributed by atoms with E-state index in [0.717, 1.165) is 37.1 Å². The van der Waals surface area contributed by atoms with Gasteiger partial charge in [-0.05, 0) is 124 Å². The zero-order valence-electron chi connectivity index (χ0n) is 30.9. The van der Waals surface area contributed by atoms with Gasteiger partial charge in [-0.15, -0.1) is 0 Å². The van der Waals surface area contributed by atoms with Crippen LogP contribution in [-0.2, 0) is 42.2 Å². The predicted molar refractivity (Wildman–Crippen MR) is 204 cm³/mol. The molecule has 0 saturated carbocycles. The smallest absolute Gasteiger partial charge is 0.0636 e. The van der Waals surface area contributed by atoms with Gasteiger partial charge in [-0.3, -0.25) is 9.98 Å². The Morgan fingerprint density at radius 1 is 0.391 bits per heavy atom. The molecule has 0 aromatic heterocycles. The monoisotopic (exact) mass is 672 g/mol. The van der Waals surface area contributed by atoms with Crippen LogP contribution in [0.5, 0.6) is 0 Å². The fourth-order valence-corrected chi connectivity index (χ4v) is 6.24. The zero-order chi connectivity index (χ0) is 32.5. The number of benzene rings is 2. The fraction of sp³-hybridized carbons (Fsp3) is 0.674. The topological polar surface area (TPSA) is 24.7 Å². The van der Waals surface area contributed by atoms with Crippen LogP contribution in [0.4, 0.5) is 11.4 Å². The third-order valence-electron chi connectivity index (χ3n) is 9.22. The molecule has 0 spiro atoms. The van der Waals surface area contributed by atoms with E-state index >= 15 is 0 Å². The molecule has 0 N–H and O–H groups in total. The normalized spacial score (nSPS) is 12.0. The van der Waals surface area contributed by atoms with Crippen LogP contribution in [0.15, 0.2) is 46.4 Å². The van der Waals surface area contributed by atoms with Gasteiger partial charge < -0.3 is 0 Å². The molecule has 0 bridgehead atoms. The van der Waals surface area contributed by atoms with Gasteiger partial charge in [-0.1, -0.05) is 124 Å². The molecule has 0 saturated heterocycles. The van der Waals surface area contributed by atoms with Crippen LogP contribution in [-0.4, -0.2) is 11.4 Å². The molecule has 0 amide bonds. The standard InChI is InChI=1S/C43H70N2.Ni/c1-7-13-19-20-21-23-29-43(45-41-33-31-37(25-16-10-4)39(35-41)27-18-12-6)42(28-22-14-8-2)44-40-32-30-36(24-15-9-3)38(34-40)26-17-11-5;/h30-35H,7-29H2,1-6H3;/b44-42+,45-43+;. The summed E-state index contributed by atoms with van der Waals surface area (Å²) in [4.78, 5) is 10.9. The van der Waals surface area contributed by atoms with E-state index in [9.17, 15) is 0 Å². The van der Waals surface area contributed by atoms with E-state index in [4.69, 9.17) is 9.98 Å². The van der Waals surface area contributed by atoms with Crippen LogP contribution in [0, 0.1) is 0 Å². The van der Waals surface area contributed by atoms with Crippen LogP contribution in [0.2, 0.25) is 0 Å². The molecule has 0 aliphatic rings. The average Bonchev–Trinajstić information content (AvgIpc) is 3.06. The van der Waals surface area contributed by atoms with Crippen molar-refractivity contribution in [3.05, 3.63) is 58.7 Å². The van der Waals surface area contributed by atoms with Crippen molar-refractivity contribution in [1.29, 1.82) is 0 Å². The van der Waals surface area contributed by atoms with Gasteiger partial charge in [0.1, 0.15) is 0 Å².